The van der Waals surface area contributed by atoms with Crippen molar-refractivity contribution >= 4 is 15.9 Å². The summed E-state index contributed by atoms with van der Waals surface area (Å²) in [5.74, 6) is 0. The lowest BCUT2D eigenvalue weighted by atomic mass is 9.86. The largest absolute Gasteiger partial charge is 0.391 e. The van der Waals surface area contributed by atoms with Crippen molar-refractivity contribution in [3.8, 4) is 0 Å². The quantitative estimate of drug-likeness (QED) is 0.728. The highest BCUT2D eigenvalue weighted by Crippen LogP contribution is 2.33. The van der Waals surface area contributed by atoms with Gasteiger partial charge in [0, 0.05) is 4.47 Å². The maximum Gasteiger partial charge on any atom is 0.0736 e. The molecular weight excluding hydrogens is 230 g/mol. The van der Waals surface area contributed by atoms with Crippen LogP contribution in [0.1, 0.15) is 23.6 Å². The maximum atomic E-state index is 9.60. The number of benzene rings is 1. The van der Waals surface area contributed by atoms with Gasteiger partial charge in [0.05, 0.1) is 12.1 Å². The molecule has 3 N–H and O–H groups in total. The summed E-state index contributed by atoms with van der Waals surface area (Å²) in [6.45, 7) is 0. The summed E-state index contributed by atoms with van der Waals surface area (Å²) in [5, 5.41) is 9.60. The number of hydrogen-bond donors (Lipinski definition) is 2. The van der Waals surface area contributed by atoms with Crippen molar-refractivity contribution in [1.82, 2.24) is 0 Å². The molecule has 0 saturated carbocycles. The molecule has 0 aromatic heterocycles. The van der Waals surface area contributed by atoms with E-state index in [9.17, 15) is 5.11 Å². The minimum atomic E-state index is -0.397. The van der Waals surface area contributed by atoms with Gasteiger partial charge in [-0.1, -0.05) is 28.1 Å². The van der Waals surface area contributed by atoms with Crippen LogP contribution in [0.25, 0.3) is 0 Å². The van der Waals surface area contributed by atoms with Crippen LogP contribution < -0.4 is 5.73 Å². The molecule has 0 aliphatic heterocycles. The first-order valence-electron chi connectivity index (χ1n) is 4.41. The molecule has 0 heterocycles. The highest BCUT2D eigenvalue weighted by molar-refractivity contribution is 9.10. The Labute approximate surface area is 85.9 Å². The Balaban J connectivity index is 2.51. The molecule has 0 amide bonds. The molecular formula is C10H12BrNO. The highest BCUT2D eigenvalue weighted by Gasteiger charge is 2.26. The molecule has 0 spiro atoms. The van der Waals surface area contributed by atoms with Crippen molar-refractivity contribution in [2.75, 3.05) is 0 Å². The standard InChI is InChI=1S/C10H12BrNO/c11-7-3-1-2-6-4-5-8(13)10(12)9(6)7/h1-3,8,10,13H,4-5,12H2/t8-,10-/m1/s1. The Morgan fingerprint density at radius 2 is 2.23 bits per heavy atom. The molecule has 13 heavy (non-hydrogen) atoms. The average Bonchev–Trinajstić information content (AvgIpc) is 2.12. The maximum absolute atomic E-state index is 9.60. The third-order valence-electron chi connectivity index (χ3n) is 2.60. The summed E-state index contributed by atoms with van der Waals surface area (Å²) >= 11 is 3.46. The molecule has 0 saturated heterocycles. The third-order valence-corrected chi connectivity index (χ3v) is 3.29. The molecule has 0 bridgehead atoms. The second-order valence-corrected chi connectivity index (χ2v) is 4.30. The molecule has 0 unspecified atom stereocenters. The van der Waals surface area contributed by atoms with E-state index in [1.807, 2.05) is 12.1 Å². The molecule has 2 nitrogen and oxygen atoms in total. The van der Waals surface area contributed by atoms with Crippen LogP contribution in [0, 0.1) is 0 Å². The van der Waals surface area contributed by atoms with Gasteiger partial charge in [-0.05, 0) is 30.0 Å². The van der Waals surface area contributed by atoms with Gasteiger partial charge >= 0.3 is 0 Å². The van der Waals surface area contributed by atoms with E-state index < -0.39 is 6.10 Å². The van der Waals surface area contributed by atoms with Crippen LogP contribution in [0.3, 0.4) is 0 Å². The van der Waals surface area contributed by atoms with Gasteiger partial charge in [-0.25, -0.2) is 0 Å². The van der Waals surface area contributed by atoms with E-state index in [1.165, 1.54) is 5.56 Å². The number of nitrogens with two attached hydrogens (primary N) is 1. The van der Waals surface area contributed by atoms with E-state index >= 15 is 0 Å². The number of hydrogen-bond acceptors (Lipinski definition) is 2. The minimum Gasteiger partial charge on any atom is -0.391 e. The Morgan fingerprint density at radius 1 is 1.46 bits per heavy atom. The molecule has 0 fully saturated rings. The number of rotatable bonds is 0. The second kappa shape index (κ2) is 3.40. The van der Waals surface area contributed by atoms with Crippen molar-refractivity contribution in [2.45, 2.75) is 25.0 Å². The molecule has 2 rings (SSSR count). The predicted molar refractivity (Wildman–Crippen MR) is 55.4 cm³/mol. The highest BCUT2D eigenvalue weighted by atomic mass is 79.9. The third kappa shape index (κ3) is 1.52. The summed E-state index contributed by atoms with van der Waals surface area (Å²) in [5.41, 5.74) is 8.24. The lowest BCUT2D eigenvalue weighted by Gasteiger charge is -2.28. The van der Waals surface area contributed by atoms with E-state index in [2.05, 4.69) is 22.0 Å². The Kier molecular flexibility index (Phi) is 2.41. The van der Waals surface area contributed by atoms with Crippen LogP contribution >= 0.6 is 15.9 Å². The van der Waals surface area contributed by atoms with Crippen molar-refractivity contribution < 1.29 is 5.11 Å². The lowest BCUT2D eigenvalue weighted by Crippen LogP contribution is -2.31. The van der Waals surface area contributed by atoms with Crippen molar-refractivity contribution in [2.24, 2.45) is 5.73 Å². The second-order valence-electron chi connectivity index (χ2n) is 3.44. The summed E-state index contributed by atoms with van der Waals surface area (Å²) in [4.78, 5) is 0. The van der Waals surface area contributed by atoms with Crippen LogP contribution in [0.2, 0.25) is 0 Å². The monoisotopic (exact) mass is 241 g/mol. The molecule has 70 valence electrons. The SMILES string of the molecule is N[C@H]1c2c(Br)cccc2CC[C@H]1O. The van der Waals surface area contributed by atoms with Crippen molar-refractivity contribution in [3.63, 3.8) is 0 Å². The van der Waals surface area contributed by atoms with Gasteiger partial charge in [-0.2, -0.15) is 0 Å². The van der Waals surface area contributed by atoms with E-state index in [1.54, 1.807) is 0 Å². The van der Waals surface area contributed by atoms with Gasteiger partial charge < -0.3 is 10.8 Å². The first kappa shape index (κ1) is 9.19. The number of aliphatic hydroxyl groups excluding tert-OH is 1. The van der Waals surface area contributed by atoms with Crippen LogP contribution in [-0.2, 0) is 6.42 Å². The first-order chi connectivity index (χ1) is 6.20. The van der Waals surface area contributed by atoms with Gasteiger partial charge in [-0.15, -0.1) is 0 Å². The summed E-state index contributed by atoms with van der Waals surface area (Å²) < 4.78 is 1.01. The van der Waals surface area contributed by atoms with E-state index in [0.29, 0.717) is 0 Å². The van der Waals surface area contributed by atoms with Crippen LogP contribution in [0.15, 0.2) is 22.7 Å². The number of aryl methyl sites for hydroxylation is 1. The van der Waals surface area contributed by atoms with E-state index in [-0.39, 0.29) is 6.04 Å². The van der Waals surface area contributed by atoms with Gasteiger partial charge in [-0.3, -0.25) is 0 Å². The molecule has 2 atom stereocenters. The van der Waals surface area contributed by atoms with Crippen LogP contribution in [0.5, 0.6) is 0 Å². The first-order valence-corrected chi connectivity index (χ1v) is 5.20. The van der Waals surface area contributed by atoms with Crippen molar-refractivity contribution in [1.29, 1.82) is 0 Å². The Morgan fingerprint density at radius 3 is 3.00 bits per heavy atom. The number of aliphatic hydroxyl groups is 1. The van der Waals surface area contributed by atoms with Crippen molar-refractivity contribution in [3.05, 3.63) is 33.8 Å². The zero-order valence-electron chi connectivity index (χ0n) is 7.20. The average molecular weight is 242 g/mol. The summed E-state index contributed by atoms with van der Waals surface area (Å²) in [6, 6.07) is 5.81. The van der Waals surface area contributed by atoms with Gasteiger partial charge in [0.25, 0.3) is 0 Å². The lowest BCUT2D eigenvalue weighted by molar-refractivity contribution is 0.127. The zero-order valence-corrected chi connectivity index (χ0v) is 8.79. The van der Waals surface area contributed by atoms with E-state index in [4.69, 9.17) is 5.73 Å². The fourth-order valence-electron chi connectivity index (χ4n) is 1.85. The molecule has 0 radical (unpaired) electrons. The fraction of sp³-hybridized carbons (Fsp3) is 0.400. The van der Waals surface area contributed by atoms with Gasteiger partial charge in [0.2, 0.25) is 0 Å². The zero-order chi connectivity index (χ0) is 9.42. The van der Waals surface area contributed by atoms with Crippen LogP contribution in [0.4, 0.5) is 0 Å². The predicted octanol–water partition coefficient (Wildman–Crippen LogP) is 1.76. The number of halogens is 1. The smallest absolute Gasteiger partial charge is 0.0736 e. The topological polar surface area (TPSA) is 46.2 Å². The summed E-state index contributed by atoms with van der Waals surface area (Å²) in [6.07, 6.45) is 1.29. The van der Waals surface area contributed by atoms with E-state index in [0.717, 1.165) is 22.9 Å². The Hall–Kier alpha value is -0.380. The molecule has 1 aliphatic rings. The van der Waals surface area contributed by atoms with Gasteiger partial charge in [0.1, 0.15) is 0 Å². The molecule has 3 heteroatoms. The summed E-state index contributed by atoms with van der Waals surface area (Å²) in [7, 11) is 0. The Bertz CT molecular complexity index is 327. The molecule has 1 aromatic rings. The van der Waals surface area contributed by atoms with Crippen LogP contribution in [-0.4, -0.2) is 11.2 Å². The number of fused-ring (bicyclic) bond motifs is 1. The molecule has 1 aliphatic carbocycles. The normalized spacial score (nSPS) is 27.0. The minimum absolute atomic E-state index is 0.237. The fourth-order valence-corrected chi connectivity index (χ4v) is 2.52. The van der Waals surface area contributed by atoms with Gasteiger partial charge in [0.15, 0.2) is 0 Å². The molecule has 1 aromatic carbocycles.